The molecule has 2 aromatic carbocycles. The third kappa shape index (κ3) is 5.77. The highest BCUT2D eigenvalue weighted by Crippen LogP contribution is 2.20. The predicted molar refractivity (Wildman–Crippen MR) is 157 cm³/mol. The van der Waals surface area contributed by atoms with Crippen LogP contribution < -0.4 is 15.8 Å². The summed E-state index contributed by atoms with van der Waals surface area (Å²) in [5.74, 6) is 0.358. The van der Waals surface area contributed by atoms with Gasteiger partial charge in [-0.1, -0.05) is 43.3 Å². The summed E-state index contributed by atoms with van der Waals surface area (Å²) in [5.41, 5.74) is 3.22. The van der Waals surface area contributed by atoms with Gasteiger partial charge in [-0.15, -0.1) is 5.10 Å². The number of fused-ring (bicyclic) bond motifs is 1. The molecule has 0 aliphatic carbocycles. The topological polar surface area (TPSA) is 89.5 Å². The number of nitrogens with zero attached hydrogens (tertiary/aromatic N) is 6. The number of carbonyl (C=O) groups is 1. The summed E-state index contributed by atoms with van der Waals surface area (Å²) in [6, 6.07) is 21.2. The molecular weight excluding hydrogens is 521 g/mol. The first kappa shape index (κ1) is 27.8. The van der Waals surface area contributed by atoms with Crippen LogP contribution in [0.4, 0.5) is 10.2 Å². The van der Waals surface area contributed by atoms with Crippen LogP contribution >= 0.6 is 0 Å². The Labute approximate surface area is 237 Å². The molecule has 0 bridgehead atoms. The Kier molecular flexibility index (Phi) is 8.28. The van der Waals surface area contributed by atoms with Gasteiger partial charge in [0.15, 0.2) is 5.65 Å². The van der Waals surface area contributed by atoms with Crippen LogP contribution in [0.1, 0.15) is 42.0 Å². The fourth-order valence-corrected chi connectivity index (χ4v) is 5.19. The average molecular weight is 556 g/mol. The fraction of sp³-hybridized carbons (Fsp3) is 0.290. The van der Waals surface area contributed by atoms with Gasteiger partial charge in [0.25, 0.3) is 11.5 Å². The number of amides is 1. The first-order valence-corrected chi connectivity index (χ1v) is 13.9. The molecule has 4 heterocycles. The van der Waals surface area contributed by atoms with Gasteiger partial charge in [0.05, 0.1) is 23.3 Å². The molecule has 0 radical (unpaired) electrons. The number of para-hydroxylation sites is 1. The van der Waals surface area contributed by atoms with Crippen LogP contribution in [0.5, 0.6) is 0 Å². The molecule has 1 saturated heterocycles. The van der Waals surface area contributed by atoms with E-state index in [1.54, 1.807) is 22.9 Å². The first-order valence-electron chi connectivity index (χ1n) is 13.9. The van der Waals surface area contributed by atoms with Crippen molar-refractivity contribution in [3.8, 4) is 5.69 Å². The molecule has 0 spiro atoms. The molecule has 10 heteroatoms. The molecule has 6 rings (SSSR count). The fourth-order valence-electron chi connectivity index (χ4n) is 5.19. The maximum atomic E-state index is 13.3. The highest BCUT2D eigenvalue weighted by molar-refractivity contribution is 5.95. The number of nitrogens with one attached hydrogen (secondary N) is 1. The van der Waals surface area contributed by atoms with Gasteiger partial charge in [-0.05, 0) is 63.1 Å². The zero-order chi connectivity index (χ0) is 28.9. The van der Waals surface area contributed by atoms with E-state index in [0.717, 1.165) is 42.2 Å². The number of hydrogen-bond acceptors (Lipinski definition) is 5. The average Bonchev–Trinajstić information content (AvgIpc) is 3.69. The summed E-state index contributed by atoms with van der Waals surface area (Å²) < 4.78 is 17.2. The van der Waals surface area contributed by atoms with E-state index in [4.69, 9.17) is 5.10 Å². The lowest BCUT2D eigenvalue weighted by Crippen LogP contribution is -2.39. The lowest BCUT2D eigenvalue weighted by Gasteiger charge is -2.18. The predicted octanol–water partition coefficient (Wildman–Crippen LogP) is 4.41. The summed E-state index contributed by atoms with van der Waals surface area (Å²) in [6.07, 6.45) is 3.50. The number of imidazole rings is 1. The van der Waals surface area contributed by atoms with Gasteiger partial charge < -0.3 is 10.2 Å². The molecule has 5 aromatic rings. The quantitative estimate of drug-likeness (QED) is 0.335. The van der Waals surface area contributed by atoms with Crippen LogP contribution in [0, 0.1) is 12.7 Å². The minimum Gasteiger partial charge on any atom is -0.353 e. The lowest BCUT2D eigenvalue weighted by molar-refractivity contribution is 0.0938. The molecule has 1 aliphatic rings. The number of aryl methyl sites for hydroxylation is 1. The normalized spacial score (nSPS) is 14.6. The van der Waals surface area contributed by atoms with Crippen LogP contribution in [-0.2, 0) is 13.0 Å². The van der Waals surface area contributed by atoms with Gasteiger partial charge in [0.2, 0.25) is 0 Å². The van der Waals surface area contributed by atoms with E-state index in [1.807, 2.05) is 71.7 Å². The Morgan fingerprint density at radius 3 is 2.37 bits per heavy atom. The van der Waals surface area contributed by atoms with Crippen LogP contribution in [0.15, 0.2) is 83.8 Å². The van der Waals surface area contributed by atoms with Crippen LogP contribution in [-0.4, -0.2) is 49.0 Å². The monoisotopic (exact) mass is 555 g/mol. The second-order valence-electron chi connectivity index (χ2n) is 9.89. The van der Waals surface area contributed by atoms with Crippen molar-refractivity contribution in [2.45, 2.75) is 46.2 Å². The number of hydrogen-bond donors (Lipinski definition) is 1. The Balaban J connectivity index is 0.000000423. The van der Waals surface area contributed by atoms with Crippen molar-refractivity contribution in [1.82, 2.24) is 29.3 Å². The molecule has 212 valence electrons. The highest BCUT2D eigenvalue weighted by Gasteiger charge is 2.29. The number of rotatable bonds is 6. The van der Waals surface area contributed by atoms with E-state index in [0.29, 0.717) is 18.8 Å². The molecule has 1 N–H and O–H groups in total. The number of anilines is 1. The van der Waals surface area contributed by atoms with Crippen LogP contribution in [0.2, 0.25) is 0 Å². The van der Waals surface area contributed by atoms with Gasteiger partial charge in [0, 0.05) is 25.7 Å². The molecule has 1 amide bonds. The SMILES string of the molecule is CCc1cnc2ccc(N3CC[C@H](NC(=O)c4c(C)n(CC)n(-c5ccccc5)c4=O)C3)nn12.Fc1ccccc1. The van der Waals surface area contributed by atoms with E-state index in [2.05, 4.69) is 22.1 Å². The zero-order valence-electron chi connectivity index (χ0n) is 23.5. The Hall–Kier alpha value is -4.73. The minimum atomic E-state index is -0.322. The van der Waals surface area contributed by atoms with Crippen molar-refractivity contribution >= 4 is 17.4 Å². The summed E-state index contributed by atoms with van der Waals surface area (Å²) in [4.78, 5) is 33.1. The lowest BCUT2D eigenvalue weighted by atomic mass is 10.2. The summed E-state index contributed by atoms with van der Waals surface area (Å²) in [5, 5.41) is 7.85. The second-order valence-corrected chi connectivity index (χ2v) is 9.89. The molecule has 41 heavy (non-hydrogen) atoms. The van der Waals surface area contributed by atoms with E-state index in [-0.39, 0.29) is 28.9 Å². The van der Waals surface area contributed by atoms with Crippen LogP contribution in [0.25, 0.3) is 11.3 Å². The summed E-state index contributed by atoms with van der Waals surface area (Å²) >= 11 is 0. The van der Waals surface area contributed by atoms with Crippen LogP contribution in [0.3, 0.4) is 0 Å². The smallest absolute Gasteiger partial charge is 0.284 e. The standard InChI is InChI=1S/C25H29N7O2.C6H5F/c1-4-19-15-26-21-11-12-22(28-31(19)21)29-14-13-18(16-29)27-24(33)23-17(3)30(5-2)32(25(23)34)20-9-7-6-8-10-20;7-6-4-2-1-3-5-6/h6-12,15,18H,4-5,13-14,16H2,1-3H3,(H,27,33);1-5H/t18-;/m0./s1. The third-order valence-corrected chi connectivity index (χ3v) is 7.29. The molecule has 3 aromatic heterocycles. The van der Waals surface area contributed by atoms with E-state index in [9.17, 15) is 14.0 Å². The molecule has 1 fully saturated rings. The number of carbonyl (C=O) groups excluding carboxylic acids is 1. The van der Waals surface area contributed by atoms with Crippen molar-refractivity contribution in [2.75, 3.05) is 18.0 Å². The second kappa shape index (κ2) is 12.2. The van der Waals surface area contributed by atoms with E-state index in [1.165, 1.54) is 12.1 Å². The molecule has 1 aliphatic heterocycles. The van der Waals surface area contributed by atoms with Gasteiger partial charge in [-0.2, -0.15) is 0 Å². The Morgan fingerprint density at radius 1 is 1.02 bits per heavy atom. The largest absolute Gasteiger partial charge is 0.353 e. The number of benzene rings is 2. The molecular formula is C31H34FN7O2. The molecule has 0 unspecified atom stereocenters. The van der Waals surface area contributed by atoms with Crippen molar-refractivity contribution in [2.24, 2.45) is 0 Å². The van der Waals surface area contributed by atoms with Crippen molar-refractivity contribution in [3.63, 3.8) is 0 Å². The van der Waals surface area contributed by atoms with Gasteiger partial charge in [-0.3, -0.25) is 14.3 Å². The van der Waals surface area contributed by atoms with Gasteiger partial charge in [0.1, 0.15) is 17.2 Å². The minimum absolute atomic E-state index is 0.0626. The molecule has 0 saturated carbocycles. The first-order chi connectivity index (χ1) is 19.9. The van der Waals surface area contributed by atoms with E-state index >= 15 is 0 Å². The number of aromatic nitrogens is 5. The van der Waals surface area contributed by atoms with Gasteiger partial charge in [-0.25, -0.2) is 18.6 Å². The Bertz CT molecular complexity index is 1690. The van der Waals surface area contributed by atoms with E-state index < -0.39 is 0 Å². The summed E-state index contributed by atoms with van der Waals surface area (Å²) in [6.45, 7) is 7.89. The maximum Gasteiger partial charge on any atom is 0.284 e. The third-order valence-electron chi connectivity index (χ3n) is 7.29. The molecule has 9 nitrogen and oxygen atoms in total. The van der Waals surface area contributed by atoms with Crippen molar-refractivity contribution in [3.05, 3.63) is 112 Å². The zero-order valence-corrected chi connectivity index (χ0v) is 23.5. The van der Waals surface area contributed by atoms with Crippen molar-refractivity contribution < 1.29 is 9.18 Å². The maximum absolute atomic E-state index is 13.3. The summed E-state index contributed by atoms with van der Waals surface area (Å²) in [7, 11) is 0. The molecule has 1 atom stereocenters. The Morgan fingerprint density at radius 2 is 1.73 bits per heavy atom. The van der Waals surface area contributed by atoms with Gasteiger partial charge >= 0.3 is 0 Å². The number of halogens is 1. The highest BCUT2D eigenvalue weighted by atomic mass is 19.1. The van der Waals surface area contributed by atoms with Crippen molar-refractivity contribution in [1.29, 1.82) is 0 Å².